The van der Waals surface area contributed by atoms with Crippen molar-refractivity contribution in [3.63, 3.8) is 0 Å². The van der Waals surface area contributed by atoms with Crippen molar-refractivity contribution in [2.75, 3.05) is 0 Å². The molecule has 0 saturated heterocycles. The first-order chi connectivity index (χ1) is 8.33. The molecule has 0 aliphatic heterocycles. The summed E-state index contributed by atoms with van der Waals surface area (Å²) >= 11 is 0. The fraction of sp³-hybridized carbons (Fsp3) is 0.438. The van der Waals surface area contributed by atoms with E-state index in [1.54, 1.807) is 0 Å². The molecule has 1 aliphatic carbocycles. The molecule has 1 aromatic carbocycles. The third-order valence-electron chi connectivity index (χ3n) is 3.50. The van der Waals surface area contributed by atoms with Gasteiger partial charge in [0.1, 0.15) is 5.78 Å². The molecule has 17 heavy (non-hydrogen) atoms. The van der Waals surface area contributed by atoms with E-state index in [1.807, 2.05) is 6.07 Å². The van der Waals surface area contributed by atoms with Gasteiger partial charge in [-0.05, 0) is 36.8 Å². The van der Waals surface area contributed by atoms with Crippen molar-refractivity contribution in [1.82, 2.24) is 0 Å². The molecule has 0 saturated carbocycles. The summed E-state index contributed by atoms with van der Waals surface area (Å²) in [6, 6.07) is 8.35. The van der Waals surface area contributed by atoms with Crippen LogP contribution in [0.2, 0.25) is 0 Å². The lowest BCUT2D eigenvalue weighted by Crippen LogP contribution is -2.18. The summed E-state index contributed by atoms with van der Waals surface area (Å²) in [5.41, 5.74) is 2.61. The third-order valence-corrected chi connectivity index (χ3v) is 3.50. The smallest absolute Gasteiger partial charge is 0.140 e. The van der Waals surface area contributed by atoms with Crippen molar-refractivity contribution in [2.24, 2.45) is 0 Å². The van der Waals surface area contributed by atoms with Gasteiger partial charge in [-0.15, -0.1) is 12.3 Å². The minimum absolute atomic E-state index is 0.123. The van der Waals surface area contributed by atoms with Crippen molar-refractivity contribution in [3.05, 3.63) is 35.4 Å². The first kappa shape index (κ1) is 11.9. The van der Waals surface area contributed by atoms with Crippen LogP contribution in [0.15, 0.2) is 24.3 Å². The zero-order valence-electron chi connectivity index (χ0n) is 10.1. The van der Waals surface area contributed by atoms with Crippen molar-refractivity contribution in [1.29, 1.82) is 0 Å². The Morgan fingerprint density at radius 1 is 1.41 bits per heavy atom. The molecule has 0 aromatic heterocycles. The molecule has 0 spiro atoms. The summed E-state index contributed by atoms with van der Waals surface area (Å²) in [4.78, 5) is 12.2. The normalized spacial score (nSPS) is 18.2. The quantitative estimate of drug-likeness (QED) is 0.567. The molecule has 0 heterocycles. The van der Waals surface area contributed by atoms with Crippen molar-refractivity contribution in [3.8, 4) is 12.3 Å². The molecule has 1 heteroatoms. The molecule has 2 rings (SSSR count). The summed E-state index contributed by atoms with van der Waals surface area (Å²) < 4.78 is 0. The van der Waals surface area contributed by atoms with Gasteiger partial charge in [0.2, 0.25) is 0 Å². The largest absolute Gasteiger partial charge is 0.299 e. The molecule has 0 N–H and O–H groups in total. The van der Waals surface area contributed by atoms with Crippen LogP contribution in [0, 0.1) is 12.3 Å². The van der Waals surface area contributed by atoms with Gasteiger partial charge in [-0.3, -0.25) is 4.79 Å². The second-order valence-corrected chi connectivity index (χ2v) is 4.67. The molecule has 1 aliphatic rings. The van der Waals surface area contributed by atoms with Gasteiger partial charge in [0.25, 0.3) is 0 Å². The second kappa shape index (κ2) is 5.68. The lowest BCUT2D eigenvalue weighted by molar-refractivity contribution is -0.120. The fourth-order valence-corrected chi connectivity index (χ4v) is 2.63. The molecule has 0 radical (unpaired) electrons. The highest BCUT2D eigenvalue weighted by Crippen LogP contribution is 2.33. The maximum Gasteiger partial charge on any atom is 0.140 e. The van der Waals surface area contributed by atoms with Gasteiger partial charge in [0.15, 0.2) is 0 Å². The predicted octanol–water partition coefficient (Wildman–Crippen LogP) is 3.48. The topological polar surface area (TPSA) is 17.1 Å². The van der Waals surface area contributed by atoms with Gasteiger partial charge >= 0.3 is 0 Å². The van der Waals surface area contributed by atoms with Crippen LogP contribution in [0.5, 0.6) is 0 Å². The minimum Gasteiger partial charge on any atom is -0.299 e. The minimum atomic E-state index is 0.123. The van der Waals surface area contributed by atoms with E-state index in [0.29, 0.717) is 18.6 Å². The van der Waals surface area contributed by atoms with E-state index in [0.717, 1.165) is 25.7 Å². The van der Waals surface area contributed by atoms with Crippen molar-refractivity contribution < 1.29 is 4.79 Å². The maximum absolute atomic E-state index is 12.2. The molecular formula is C16H18O. The number of hydrogen-bond donors (Lipinski definition) is 0. The van der Waals surface area contributed by atoms with Crippen LogP contribution in [0.3, 0.4) is 0 Å². The Bertz CT molecular complexity index is 439. The van der Waals surface area contributed by atoms with E-state index in [4.69, 9.17) is 6.42 Å². The average molecular weight is 226 g/mol. The SMILES string of the molecule is C#CCCCC(=O)C1CCCc2ccccc21. The second-order valence-electron chi connectivity index (χ2n) is 4.67. The van der Waals surface area contributed by atoms with Crippen LogP contribution in [0.1, 0.15) is 49.1 Å². The van der Waals surface area contributed by atoms with Crippen LogP contribution in [0.25, 0.3) is 0 Å². The van der Waals surface area contributed by atoms with Crippen molar-refractivity contribution >= 4 is 5.78 Å². The Morgan fingerprint density at radius 2 is 2.24 bits per heavy atom. The molecule has 1 aromatic rings. The number of carbonyl (C=O) groups is 1. The third kappa shape index (κ3) is 2.77. The molecular weight excluding hydrogens is 208 g/mol. The van der Waals surface area contributed by atoms with E-state index in [2.05, 4.69) is 24.1 Å². The zero-order chi connectivity index (χ0) is 12.1. The number of aryl methyl sites for hydroxylation is 1. The van der Waals surface area contributed by atoms with Crippen molar-refractivity contribution in [2.45, 2.75) is 44.4 Å². The summed E-state index contributed by atoms with van der Waals surface area (Å²) in [5.74, 6) is 3.08. The molecule has 1 atom stereocenters. The van der Waals surface area contributed by atoms with Crippen LogP contribution in [0.4, 0.5) is 0 Å². The number of carbonyl (C=O) groups excluding carboxylic acids is 1. The first-order valence-corrected chi connectivity index (χ1v) is 6.37. The fourth-order valence-electron chi connectivity index (χ4n) is 2.63. The molecule has 0 amide bonds. The Hall–Kier alpha value is -1.55. The monoisotopic (exact) mass is 226 g/mol. The van der Waals surface area contributed by atoms with Gasteiger partial charge in [-0.25, -0.2) is 0 Å². The number of unbranched alkanes of at least 4 members (excludes halogenated alkanes) is 1. The van der Waals surface area contributed by atoms with Gasteiger partial charge in [0.05, 0.1) is 0 Å². The highest BCUT2D eigenvalue weighted by atomic mass is 16.1. The molecule has 0 fully saturated rings. The van der Waals surface area contributed by atoms with Crippen LogP contribution >= 0.6 is 0 Å². The number of rotatable bonds is 4. The Labute approximate surface area is 103 Å². The number of Topliss-reactive ketones (excluding diaryl/α,β-unsaturated/α-hetero) is 1. The zero-order valence-corrected chi connectivity index (χ0v) is 10.1. The number of benzene rings is 1. The summed E-state index contributed by atoms with van der Waals surface area (Å²) in [5, 5.41) is 0. The number of fused-ring (bicyclic) bond motifs is 1. The maximum atomic E-state index is 12.2. The van der Waals surface area contributed by atoms with E-state index in [-0.39, 0.29) is 5.92 Å². The van der Waals surface area contributed by atoms with E-state index in [9.17, 15) is 4.79 Å². The van der Waals surface area contributed by atoms with E-state index in [1.165, 1.54) is 11.1 Å². The number of ketones is 1. The standard InChI is InChI=1S/C16H18O/c1-2-3-4-12-16(17)15-11-7-9-13-8-5-6-10-14(13)15/h1,5-6,8,10,15H,3-4,7,9,11-12H2. The lowest BCUT2D eigenvalue weighted by Gasteiger charge is -2.24. The van der Waals surface area contributed by atoms with Gasteiger partial charge in [-0.2, -0.15) is 0 Å². The van der Waals surface area contributed by atoms with E-state index >= 15 is 0 Å². The van der Waals surface area contributed by atoms with Gasteiger partial charge < -0.3 is 0 Å². The Morgan fingerprint density at radius 3 is 3.06 bits per heavy atom. The molecule has 1 nitrogen and oxygen atoms in total. The Balaban J connectivity index is 2.08. The van der Waals surface area contributed by atoms with Gasteiger partial charge in [0, 0.05) is 18.8 Å². The van der Waals surface area contributed by atoms with Crippen LogP contribution in [-0.4, -0.2) is 5.78 Å². The summed E-state index contributed by atoms with van der Waals surface area (Å²) in [6.07, 6.45) is 10.6. The summed E-state index contributed by atoms with van der Waals surface area (Å²) in [6.45, 7) is 0. The molecule has 88 valence electrons. The number of hydrogen-bond acceptors (Lipinski definition) is 1. The highest BCUT2D eigenvalue weighted by molar-refractivity contribution is 5.86. The van der Waals surface area contributed by atoms with E-state index < -0.39 is 0 Å². The predicted molar refractivity (Wildman–Crippen MR) is 69.8 cm³/mol. The van der Waals surface area contributed by atoms with Gasteiger partial charge in [-0.1, -0.05) is 24.3 Å². The highest BCUT2D eigenvalue weighted by Gasteiger charge is 2.25. The lowest BCUT2D eigenvalue weighted by atomic mass is 9.79. The number of terminal acetylenes is 1. The summed E-state index contributed by atoms with van der Waals surface area (Å²) in [7, 11) is 0. The Kier molecular flexibility index (Phi) is 3.98. The first-order valence-electron chi connectivity index (χ1n) is 6.37. The molecule has 1 unspecified atom stereocenters. The molecule has 0 bridgehead atoms. The van der Waals surface area contributed by atoms with Crippen LogP contribution in [-0.2, 0) is 11.2 Å². The van der Waals surface area contributed by atoms with Crippen LogP contribution < -0.4 is 0 Å². The average Bonchev–Trinajstić information content (AvgIpc) is 2.38.